The van der Waals surface area contributed by atoms with Gasteiger partial charge in [0.05, 0.1) is 23.2 Å². The Labute approximate surface area is 181 Å². The molecule has 3 aliphatic heterocycles. The molecule has 2 amide bonds. The number of likely N-dealkylation sites (tertiary alicyclic amines) is 1. The van der Waals surface area contributed by atoms with Gasteiger partial charge in [0.25, 0.3) is 0 Å². The fourth-order valence-electron chi connectivity index (χ4n) is 6.54. The number of amides is 2. The van der Waals surface area contributed by atoms with E-state index < -0.39 is 28.6 Å². The van der Waals surface area contributed by atoms with Crippen molar-refractivity contribution in [3.05, 3.63) is 12.7 Å². The number of aliphatic hydroxyl groups is 1. The van der Waals surface area contributed by atoms with Gasteiger partial charge >= 0.3 is 5.97 Å². The highest BCUT2D eigenvalue weighted by molar-refractivity contribution is 8.02. The van der Waals surface area contributed by atoms with E-state index >= 15 is 0 Å². The number of carbonyl (C=O) groups is 3. The standard InChI is InChI=1S/C22H32N2O5S/c1-3-9-23(14-7-5-4-6-8-14)20(27)18-22-13(2)12-15(30-22)16(21(28)29)17(22)19(26)24(18)10-11-25/h3,13-18,25H,1,4-12H2,2H3,(H,28,29)/t13?,15-,16+,17+,18?,22?/m1/s1. The molecule has 0 radical (unpaired) electrons. The van der Waals surface area contributed by atoms with Gasteiger partial charge in [0.2, 0.25) is 11.8 Å². The number of aliphatic hydroxyl groups excluding tert-OH is 1. The maximum atomic E-state index is 14.1. The maximum absolute atomic E-state index is 14.1. The number of carbonyl (C=O) groups excluding carboxylic acids is 2. The lowest BCUT2D eigenvalue weighted by Crippen LogP contribution is -2.59. The minimum atomic E-state index is -0.952. The van der Waals surface area contributed by atoms with E-state index in [-0.39, 0.29) is 42.2 Å². The number of fused-ring (bicyclic) bond motifs is 1. The smallest absolute Gasteiger partial charge is 0.308 e. The van der Waals surface area contributed by atoms with E-state index in [0.717, 1.165) is 25.7 Å². The third kappa shape index (κ3) is 3.01. The number of thioether (sulfide) groups is 1. The van der Waals surface area contributed by atoms with Crippen LogP contribution in [-0.4, -0.2) is 79.6 Å². The summed E-state index contributed by atoms with van der Waals surface area (Å²) in [5.41, 5.74) is 0. The fourth-order valence-corrected chi connectivity index (χ4v) is 8.95. The SMILES string of the molecule is C=CCN(C(=O)C1N(CCO)C(=O)[C@@H]2[C@@H](C(=O)O)[C@H]3CC(C)C12S3)C1CCCCC1. The average Bonchev–Trinajstić information content (AvgIpc) is 3.31. The first-order valence-electron chi connectivity index (χ1n) is 11.1. The van der Waals surface area contributed by atoms with Gasteiger partial charge in [-0.15, -0.1) is 18.3 Å². The molecule has 0 aromatic rings. The van der Waals surface area contributed by atoms with Crippen molar-refractivity contribution in [1.29, 1.82) is 0 Å². The number of β-amino-alcohol motifs (C(OH)–C–C–N with tert-alkyl or cyclic N) is 1. The summed E-state index contributed by atoms with van der Waals surface area (Å²) < 4.78 is -0.731. The summed E-state index contributed by atoms with van der Waals surface area (Å²) in [5.74, 6) is -2.74. The summed E-state index contributed by atoms with van der Waals surface area (Å²) in [5, 5.41) is 19.4. The molecule has 0 aromatic carbocycles. The third-order valence-corrected chi connectivity index (χ3v) is 9.81. The predicted octanol–water partition coefficient (Wildman–Crippen LogP) is 1.75. The minimum Gasteiger partial charge on any atom is -0.481 e. The van der Waals surface area contributed by atoms with Crippen LogP contribution >= 0.6 is 11.8 Å². The minimum absolute atomic E-state index is 0.0599. The first kappa shape index (κ1) is 21.7. The van der Waals surface area contributed by atoms with Crippen molar-refractivity contribution in [2.75, 3.05) is 19.7 Å². The van der Waals surface area contributed by atoms with Crippen LogP contribution in [0.25, 0.3) is 0 Å². The normalized spacial score (nSPS) is 38.0. The van der Waals surface area contributed by atoms with Crippen LogP contribution < -0.4 is 0 Å². The van der Waals surface area contributed by atoms with Gasteiger partial charge in [-0.1, -0.05) is 32.3 Å². The van der Waals surface area contributed by atoms with Crippen LogP contribution in [0, 0.1) is 17.8 Å². The quantitative estimate of drug-likeness (QED) is 0.590. The second-order valence-corrected chi connectivity index (χ2v) is 10.8. The zero-order valence-corrected chi connectivity index (χ0v) is 18.4. The second kappa shape index (κ2) is 8.19. The molecule has 1 aliphatic carbocycles. The Hall–Kier alpha value is -1.54. The van der Waals surface area contributed by atoms with Crippen LogP contribution in [0.15, 0.2) is 12.7 Å². The molecule has 1 spiro atoms. The van der Waals surface area contributed by atoms with E-state index in [9.17, 15) is 24.6 Å². The van der Waals surface area contributed by atoms with Crippen molar-refractivity contribution in [2.45, 2.75) is 67.5 Å². The third-order valence-electron chi connectivity index (χ3n) is 7.73. The number of aliphatic carboxylic acids is 1. The van der Waals surface area contributed by atoms with Crippen molar-refractivity contribution in [1.82, 2.24) is 9.80 Å². The Balaban J connectivity index is 1.75. The van der Waals surface area contributed by atoms with E-state index in [4.69, 9.17) is 0 Å². The van der Waals surface area contributed by atoms with Gasteiger partial charge in [0, 0.05) is 24.4 Å². The first-order valence-corrected chi connectivity index (χ1v) is 12.0. The lowest BCUT2D eigenvalue weighted by molar-refractivity contribution is -0.149. The molecule has 8 heteroatoms. The molecule has 30 heavy (non-hydrogen) atoms. The molecular weight excluding hydrogens is 404 g/mol. The van der Waals surface area contributed by atoms with Crippen LogP contribution in [0.3, 0.4) is 0 Å². The van der Waals surface area contributed by atoms with Gasteiger partial charge in [0.1, 0.15) is 6.04 Å². The number of rotatable bonds is 7. The summed E-state index contributed by atoms with van der Waals surface area (Å²) >= 11 is 1.55. The van der Waals surface area contributed by atoms with Crippen LogP contribution in [0.1, 0.15) is 45.4 Å². The number of carboxylic acids is 1. The molecule has 3 unspecified atom stereocenters. The Bertz CT molecular complexity index is 739. The van der Waals surface area contributed by atoms with Gasteiger partial charge in [-0.2, -0.15) is 0 Å². The van der Waals surface area contributed by atoms with Crippen LogP contribution in [0.5, 0.6) is 0 Å². The van der Waals surface area contributed by atoms with Gasteiger partial charge in [-0.25, -0.2) is 0 Å². The average molecular weight is 437 g/mol. The van der Waals surface area contributed by atoms with E-state index in [2.05, 4.69) is 6.58 Å². The van der Waals surface area contributed by atoms with Crippen molar-refractivity contribution in [3.63, 3.8) is 0 Å². The topological polar surface area (TPSA) is 98.2 Å². The zero-order valence-electron chi connectivity index (χ0n) is 17.5. The summed E-state index contributed by atoms with van der Waals surface area (Å²) in [7, 11) is 0. The van der Waals surface area contributed by atoms with E-state index in [1.165, 1.54) is 11.3 Å². The summed E-state index contributed by atoms with van der Waals surface area (Å²) in [6.45, 7) is 6.12. The molecule has 4 aliphatic rings. The molecule has 2 bridgehead atoms. The molecule has 2 N–H and O–H groups in total. The van der Waals surface area contributed by atoms with Gasteiger partial charge < -0.3 is 20.0 Å². The van der Waals surface area contributed by atoms with Crippen LogP contribution in [0.4, 0.5) is 0 Å². The van der Waals surface area contributed by atoms with E-state index in [1.54, 1.807) is 17.8 Å². The van der Waals surface area contributed by atoms with Gasteiger partial charge in [-0.3, -0.25) is 14.4 Å². The van der Waals surface area contributed by atoms with Crippen molar-refractivity contribution in [3.8, 4) is 0 Å². The van der Waals surface area contributed by atoms with Gasteiger partial charge in [0.15, 0.2) is 0 Å². The Morgan fingerprint density at radius 1 is 1.33 bits per heavy atom. The largest absolute Gasteiger partial charge is 0.481 e. The lowest BCUT2D eigenvalue weighted by Gasteiger charge is -2.42. The Morgan fingerprint density at radius 3 is 2.63 bits per heavy atom. The predicted molar refractivity (Wildman–Crippen MR) is 114 cm³/mol. The molecule has 4 rings (SSSR count). The molecule has 4 fully saturated rings. The maximum Gasteiger partial charge on any atom is 0.308 e. The summed E-state index contributed by atoms with van der Waals surface area (Å²) in [6.07, 6.45) is 7.66. The Kier molecular flexibility index (Phi) is 5.92. The second-order valence-electron chi connectivity index (χ2n) is 9.22. The molecule has 3 saturated heterocycles. The summed E-state index contributed by atoms with van der Waals surface area (Å²) in [4.78, 5) is 42.9. The highest BCUT2D eigenvalue weighted by Gasteiger charge is 2.76. The summed E-state index contributed by atoms with van der Waals surface area (Å²) in [6, 6.07) is -0.599. The number of hydrogen-bond acceptors (Lipinski definition) is 5. The molecular formula is C22H32N2O5S. The number of hydrogen-bond donors (Lipinski definition) is 2. The molecule has 1 saturated carbocycles. The van der Waals surface area contributed by atoms with Crippen LogP contribution in [-0.2, 0) is 14.4 Å². The highest BCUT2D eigenvalue weighted by atomic mass is 32.2. The van der Waals surface area contributed by atoms with E-state index in [1.807, 2.05) is 11.8 Å². The zero-order chi connectivity index (χ0) is 21.6. The number of nitrogens with zero attached hydrogens (tertiary/aromatic N) is 2. The van der Waals surface area contributed by atoms with Gasteiger partial charge in [-0.05, 0) is 25.2 Å². The first-order chi connectivity index (χ1) is 14.4. The number of carboxylic acid groups (broad SMARTS) is 1. The molecule has 3 heterocycles. The van der Waals surface area contributed by atoms with Crippen LogP contribution in [0.2, 0.25) is 0 Å². The molecule has 0 aromatic heterocycles. The fraction of sp³-hybridized carbons (Fsp3) is 0.773. The van der Waals surface area contributed by atoms with Crippen molar-refractivity contribution in [2.24, 2.45) is 17.8 Å². The Morgan fingerprint density at radius 2 is 2.03 bits per heavy atom. The van der Waals surface area contributed by atoms with Crippen molar-refractivity contribution < 1.29 is 24.6 Å². The molecule has 166 valence electrons. The molecule has 6 atom stereocenters. The molecule has 7 nitrogen and oxygen atoms in total. The van der Waals surface area contributed by atoms with Crippen molar-refractivity contribution >= 4 is 29.5 Å². The van der Waals surface area contributed by atoms with E-state index in [0.29, 0.717) is 13.0 Å². The lowest BCUT2D eigenvalue weighted by atomic mass is 9.66. The monoisotopic (exact) mass is 436 g/mol. The highest BCUT2D eigenvalue weighted by Crippen LogP contribution is 2.68.